The smallest absolute Gasteiger partial charge is 0.292 e. The Morgan fingerprint density at radius 1 is 1.41 bits per heavy atom. The predicted molar refractivity (Wildman–Crippen MR) is 55.2 cm³/mol. The van der Waals surface area contributed by atoms with Gasteiger partial charge >= 0.3 is 0 Å². The first-order valence-corrected chi connectivity index (χ1v) is 4.53. The Kier molecular flexibility index (Phi) is 2.73. The lowest BCUT2D eigenvalue weighted by atomic mass is 10.3. The molecule has 0 unspecified atom stereocenters. The molecule has 0 aliphatic heterocycles. The van der Waals surface area contributed by atoms with Gasteiger partial charge in [-0.1, -0.05) is 0 Å². The van der Waals surface area contributed by atoms with Crippen molar-refractivity contribution in [1.82, 2.24) is 4.98 Å². The molecular weight excluding hydrogens is 232 g/mol. The minimum Gasteiger partial charge on any atom is -0.431 e. The second kappa shape index (κ2) is 4.20. The molecule has 17 heavy (non-hydrogen) atoms. The van der Waals surface area contributed by atoms with Crippen LogP contribution in [0.1, 0.15) is 10.5 Å². The van der Waals surface area contributed by atoms with Gasteiger partial charge in [-0.25, -0.2) is 8.78 Å². The molecule has 1 aromatic heterocycles. The van der Waals surface area contributed by atoms with Crippen molar-refractivity contribution in [2.45, 2.75) is 0 Å². The highest BCUT2D eigenvalue weighted by atomic mass is 19.1. The number of oxazole rings is 1. The fraction of sp³-hybridized carbons (Fsp3) is 0. The number of anilines is 2. The number of nitrogens with zero attached hydrogens (tertiary/aromatic N) is 1. The van der Waals surface area contributed by atoms with E-state index < -0.39 is 17.5 Å². The molecule has 0 aliphatic rings. The van der Waals surface area contributed by atoms with E-state index in [0.29, 0.717) is 6.07 Å². The van der Waals surface area contributed by atoms with E-state index in [1.54, 1.807) is 0 Å². The maximum atomic E-state index is 13.2. The summed E-state index contributed by atoms with van der Waals surface area (Å²) in [6, 6.07) is 2.61. The number of carbonyl (C=O) groups excluding carboxylic acids is 1. The Bertz CT molecular complexity index is 568. The molecular formula is C10H7F2N3O2. The molecule has 1 amide bonds. The molecule has 7 heteroatoms. The Morgan fingerprint density at radius 3 is 2.76 bits per heavy atom. The van der Waals surface area contributed by atoms with Crippen molar-refractivity contribution in [1.29, 1.82) is 0 Å². The fourth-order valence-corrected chi connectivity index (χ4v) is 1.17. The number of aromatic nitrogens is 1. The first kappa shape index (κ1) is 11.1. The van der Waals surface area contributed by atoms with Crippen molar-refractivity contribution >= 4 is 17.6 Å². The molecule has 2 rings (SSSR count). The van der Waals surface area contributed by atoms with Gasteiger partial charge in [-0.05, 0) is 12.1 Å². The number of hydrogen-bond acceptors (Lipinski definition) is 4. The molecule has 3 N–H and O–H groups in total. The highest BCUT2D eigenvalue weighted by Gasteiger charge is 2.13. The van der Waals surface area contributed by atoms with Gasteiger partial charge in [0.2, 0.25) is 0 Å². The summed E-state index contributed by atoms with van der Waals surface area (Å²) in [5.74, 6) is -2.31. The molecule has 0 saturated carbocycles. The molecule has 0 saturated heterocycles. The third-order valence-corrected chi connectivity index (χ3v) is 1.93. The number of nitrogens with two attached hydrogens (primary N) is 1. The lowest BCUT2D eigenvalue weighted by Crippen LogP contribution is -2.13. The Balaban J connectivity index is 2.18. The molecule has 0 atom stereocenters. The van der Waals surface area contributed by atoms with Gasteiger partial charge < -0.3 is 15.5 Å². The van der Waals surface area contributed by atoms with Gasteiger partial charge in [0, 0.05) is 6.07 Å². The van der Waals surface area contributed by atoms with E-state index in [9.17, 15) is 13.6 Å². The summed E-state index contributed by atoms with van der Waals surface area (Å²) in [5, 5.41) is 2.21. The second-order valence-electron chi connectivity index (χ2n) is 3.15. The van der Waals surface area contributed by atoms with Crippen LogP contribution in [0.3, 0.4) is 0 Å². The van der Waals surface area contributed by atoms with Crippen LogP contribution in [0.15, 0.2) is 28.9 Å². The third-order valence-electron chi connectivity index (χ3n) is 1.93. The first-order valence-electron chi connectivity index (χ1n) is 4.53. The molecule has 2 aromatic rings. The van der Waals surface area contributed by atoms with Crippen LogP contribution in [0.25, 0.3) is 0 Å². The van der Waals surface area contributed by atoms with Gasteiger partial charge in [0.25, 0.3) is 11.9 Å². The normalized spacial score (nSPS) is 10.2. The molecule has 0 spiro atoms. The summed E-state index contributed by atoms with van der Waals surface area (Å²) in [5.41, 5.74) is 4.93. The van der Waals surface area contributed by atoms with Crippen LogP contribution < -0.4 is 11.1 Å². The van der Waals surface area contributed by atoms with E-state index in [0.717, 1.165) is 18.4 Å². The summed E-state index contributed by atoms with van der Waals surface area (Å²) >= 11 is 0. The average Bonchev–Trinajstić information content (AvgIpc) is 2.69. The van der Waals surface area contributed by atoms with Crippen LogP contribution in [-0.4, -0.2) is 10.9 Å². The zero-order valence-electron chi connectivity index (χ0n) is 8.41. The van der Waals surface area contributed by atoms with Gasteiger partial charge in [0.15, 0.2) is 5.69 Å². The van der Waals surface area contributed by atoms with Crippen molar-refractivity contribution in [3.63, 3.8) is 0 Å². The van der Waals surface area contributed by atoms with E-state index in [1.165, 1.54) is 0 Å². The minimum atomic E-state index is -0.880. The van der Waals surface area contributed by atoms with Gasteiger partial charge in [-0.3, -0.25) is 4.79 Å². The number of hydrogen-bond donors (Lipinski definition) is 2. The number of carbonyl (C=O) groups is 1. The van der Waals surface area contributed by atoms with Crippen LogP contribution >= 0.6 is 0 Å². The predicted octanol–water partition coefficient (Wildman–Crippen LogP) is 1.79. The molecule has 0 fully saturated rings. The summed E-state index contributed by atoms with van der Waals surface area (Å²) < 4.78 is 30.4. The third kappa shape index (κ3) is 2.39. The number of nitrogen functional groups attached to an aromatic ring is 1. The molecule has 0 radical (unpaired) electrons. The highest BCUT2D eigenvalue weighted by Crippen LogP contribution is 2.16. The lowest BCUT2D eigenvalue weighted by Gasteiger charge is -2.03. The topological polar surface area (TPSA) is 81.1 Å². The van der Waals surface area contributed by atoms with Gasteiger partial charge in [0.1, 0.15) is 17.9 Å². The minimum absolute atomic E-state index is 0.0915. The van der Waals surface area contributed by atoms with E-state index in [1.807, 2.05) is 0 Å². The van der Waals surface area contributed by atoms with Crippen molar-refractivity contribution in [3.05, 3.63) is 41.8 Å². The van der Waals surface area contributed by atoms with Crippen molar-refractivity contribution in [2.24, 2.45) is 0 Å². The van der Waals surface area contributed by atoms with Crippen molar-refractivity contribution in [3.8, 4) is 0 Å². The van der Waals surface area contributed by atoms with E-state index in [-0.39, 0.29) is 17.4 Å². The van der Waals surface area contributed by atoms with Crippen LogP contribution in [0.5, 0.6) is 0 Å². The number of rotatable bonds is 2. The van der Waals surface area contributed by atoms with Gasteiger partial charge in [0.05, 0.1) is 5.69 Å². The SMILES string of the molecule is Nc1nc(C(=O)Nc2ccc(F)cc2F)co1. The maximum Gasteiger partial charge on any atom is 0.292 e. The number of amides is 1. The summed E-state index contributed by atoms with van der Waals surface area (Å²) in [7, 11) is 0. The Morgan fingerprint density at radius 2 is 2.18 bits per heavy atom. The molecule has 1 heterocycles. The summed E-state index contributed by atoms with van der Waals surface area (Å²) in [6.07, 6.45) is 1.03. The van der Waals surface area contributed by atoms with Crippen LogP contribution in [0, 0.1) is 11.6 Å². The highest BCUT2D eigenvalue weighted by molar-refractivity contribution is 6.02. The Hall–Kier alpha value is -2.44. The lowest BCUT2D eigenvalue weighted by molar-refractivity contribution is 0.102. The largest absolute Gasteiger partial charge is 0.431 e. The zero-order chi connectivity index (χ0) is 12.4. The van der Waals surface area contributed by atoms with Crippen molar-refractivity contribution in [2.75, 3.05) is 11.1 Å². The average molecular weight is 239 g/mol. The standard InChI is InChI=1S/C10H7F2N3O2/c11-5-1-2-7(6(12)3-5)14-9(16)8-4-17-10(13)15-8/h1-4H,(H2,13,15)(H,14,16). The first-order chi connectivity index (χ1) is 8.06. The monoisotopic (exact) mass is 239 g/mol. The number of benzene rings is 1. The molecule has 0 bridgehead atoms. The maximum absolute atomic E-state index is 13.2. The van der Waals surface area contributed by atoms with Crippen LogP contribution in [-0.2, 0) is 0 Å². The molecule has 1 aromatic carbocycles. The van der Waals surface area contributed by atoms with Crippen LogP contribution in [0.2, 0.25) is 0 Å². The zero-order valence-corrected chi connectivity index (χ0v) is 8.41. The number of nitrogens with one attached hydrogen (secondary N) is 1. The summed E-state index contributed by atoms with van der Waals surface area (Å²) in [4.78, 5) is 15.1. The van der Waals surface area contributed by atoms with Crippen molar-refractivity contribution < 1.29 is 18.0 Å². The summed E-state index contributed by atoms with van der Waals surface area (Å²) in [6.45, 7) is 0. The molecule has 0 aliphatic carbocycles. The second-order valence-corrected chi connectivity index (χ2v) is 3.15. The Labute approximate surface area is 94.2 Å². The molecule has 5 nitrogen and oxygen atoms in total. The fourth-order valence-electron chi connectivity index (χ4n) is 1.17. The van der Waals surface area contributed by atoms with Crippen LogP contribution in [0.4, 0.5) is 20.5 Å². The quantitative estimate of drug-likeness (QED) is 0.837. The van der Waals surface area contributed by atoms with E-state index in [2.05, 4.69) is 14.7 Å². The van der Waals surface area contributed by atoms with Gasteiger partial charge in [-0.2, -0.15) is 4.98 Å². The van der Waals surface area contributed by atoms with E-state index >= 15 is 0 Å². The van der Waals surface area contributed by atoms with Gasteiger partial charge in [-0.15, -0.1) is 0 Å². The molecule has 88 valence electrons. The number of halogens is 2. The van der Waals surface area contributed by atoms with E-state index in [4.69, 9.17) is 5.73 Å².